The van der Waals surface area contributed by atoms with E-state index in [1.54, 1.807) is 0 Å². The van der Waals surface area contributed by atoms with Crippen molar-refractivity contribution in [1.29, 1.82) is 0 Å². The van der Waals surface area contributed by atoms with Gasteiger partial charge in [-0.15, -0.1) is 0 Å². The number of benzene rings is 1. The van der Waals surface area contributed by atoms with Crippen LogP contribution in [0.15, 0.2) is 29.2 Å². The molecule has 17 heavy (non-hydrogen) atoms. The van der Waals surface area contributed by atoms with E-state index in [0.717, 1.165) is 36.7 Å². The predicted molar refractivity (Wildman–Crippen MR) is 70.9 cm³/mol. The van der Waals surface area contributed by atoms with E-state index in [2.05, 4.69) is 6.92 Å². The highest BCUT2D eigenvalue weighted by atomic mass is 35.5. The van der Waals surface area contributed by atoms with Gasteiger partial charge in [0.05, 0.1) is 0 Å². The van der Waals surface area contributed by atoms with Gasteiger partial charge in [0.1, 0.15) is 0 Å². The highest BCUT2D eigenvalue weighted by Gasteiger charge is 2.21. The maximum atomic E-state index is 9.98. The molecule has 0 aliphatic carbocycles. The highest BCUT2D eigenvalue weighted by Crippen LogP contribution is 2.27. The number of hydrogen-bond donors (Lipinski definition) is 1. The minimum Gasteiger partial charge on any atom is -0.289 e. The molecule has 94 valence electrons. The Kier molecular flexibility index (Phi) is 4.70. The van der Waals surface area contributed by atoms with Crippen molar-refractivity contribution >= 4 is 23.5 Å². The summed E-state index contributed by atoms with van der Waals surface area (Å²) >= 11 is 7.20. The number of hydrazine groups is 1. The molecule has 2 rings (SSSR count). The van der Waals surface area contributed by atoms with Crippen LogP contribution in [-0.2, 0) is 0 Å². The first-order valence-corrected chi connectivity index (χ1v) is 6.97. The second-order valence-electron chi connectivity index (χ2n) is 4.44. The number of hydrogen-bond acceptors (Lipinski definition) is 4. The number of halogens is 1. The van der Waals surface area contributed by atoms with E-state index in [1.807, 2.05) is 29.3 Å². The lowest BCUT2D eigenvalue weighted by molar-refractivity contribution is -0.167. The Balaban J connectivity index is 1.90. The minimum absolute atomic E-state index is 0.690. The van der Waals surface area contributed by atoms with E-state index >= 15 is 0 Å². The van der Waals surface area contributed by atoms with Gasteiger partial charge in [-0.1, -0.05) is 29.2 Å². The molecule has 0 atom stereocenters. The van der Waals surface area contributed by atoms with Gasteiger partial charge in [0.25, 0.3) is 0 Å². The van der Waals surface area contributed by atoms with Gasteiger partial charge in [-0.3, -0.25) is 5.21 Å². The summed E-state index contributed by atoms with van der Waals surface area (Å²) in [5.74, 6) is 0.760. The predicted octanol–water partition coefficient (Wildman–Crippen LogP) is 3.69. The van der Waals surface area contributed by atoms with Crippen molar-refractivity contribution in [1.82, 2.24) is 9.59 Å². The molecule has 1 heterocycles. The van der Waals surface area contributed by atoms with Crippen molar-refractivity contribution < 1.29 is 5.21 Å². The van der Waals surface area contributed by atoms with Crippen molar-refractivity contribution in [2.24, 2.45) is 5.92 Å². The minimum atomic E-state index is 0.690. The summed E-state index contributed by atoms with van der Waals surface area (Å²) in [6.07, 6.45) is 2.26. The van der Waals surface area contributed by atoms with Crippen LogP contribution in [0.3, 0.4) is 0 Å². The summed E-state index contributed by atoms with van der Waals surface area (Å²) in [6.45, 7) is 4.07. The van der Waals surface area contributed by atoms with Crippen LogP contribution < -0.4 is 0 Å². The lowest BCUT2D eigenvalue weighted by Crippen LogP contribution is -2.41. The van der Waals surface area contributed by atoms with Gasteiger partial charge in [-0.05, 0) is 37.0 Å². The van der Waals surface area contributed by atoms with Crippen molar-refractivity contribution in [3.63, 3.8) is 0 Å². The van der Waals surface area contributed by atoms with Gasteiger partial charge in [-0.2, -0.15) is 0 Å². The van der Waals surface area contributed by atoms with Gasteiger partial charge in [0, 0.05) is 35.0 Å². The Morgan fingerprint density at radius 1 is 1.41 bits per heavy atom. The first-order chi connectivity index (χ1) is 8.15. The topological polar surface area (TPSA) is 26.7 Å². The molecule has 0 radical (unpaired) electrons. The molecule has 0 saturated carbocycles. The Morgan fingerprint density at radius 2 is 2.12 bits per heavy atom. The second kappa shape index (κ2) is 6.07. The second-order valence-corrected chi connectivity index (χ2v) is 5.85. The van der Waals surface area contributed by atoms with E-state index in [9.17, 15) is 5.21 Å². The van der Waals surface area contributed by atoms with Crippen LogP contribution >= 0.6 is 23.5 Å². The standard InChI is InChI=1S/C12H17ClN2OS/c1-10-5-7-14(8-6-10)15(16)17-12-4-2-3-11(13)9-12/h2-4,9-10,16H,5-8H2,1H3. The van der Waals surface area contributed by atoms with Crippen molar-refractivity contribution in [2.75, 3.05) is 13.1 Å². The summed E-state index contributed by atoms with van der Waals surface area (Å²) < 4.78 is 1.23. The summed E-state index contributed by atoms with van der Waals surface area (Å²) in [5.41, 5.74) is 0. The van der Waals surface area contributed by atoms with Crippen LogP contribution in [0.5, 0.6) is 0 Å². The Morgan fingerprint density at radius 3 is 2.76 bits per heavy atom. The smallest absolute Gasteiger partial charge is 0.0417 e. The molecule has 5 heteroatoms. The van der Waals surface area contributed by atoms with Crippen molar-refractivity contribution in [3.8, 4) is 0 Å². The molecular weight excluding hydrogens is 256 g/mol. The largest absolute Gasteiger partial charge is 0.289 e. The molecule has 0 amide bonds. The third-order valence-corrected chi connectivity index (χ3v) is 4.08. The van der Waals surface area contributed by atoms with E-state index in [4.69, 9.17) is 11.6 Å². The average molecular weight is 273 g/mol. The van der Waals surface area contributed by atoms with Gasteiger partial charge < -0.3 is 0 Å². The number of rotatable bonds is 3. The fourth-order valence-corrected chi connectivity index (χ4v) is 2.88. The van der Waals surface area contributed by atoms with E-state index < -0.39 is 0 Å². The van der Waals surface area contributed by atoms with Crippen LogP contribution in [0.1, 0.15) is 19.8 Å². The maximum Gasteiger partial charge on any atom is 0.0417 e. The number of nitrogens with zero attached hydrogens (tertiary/aromatic N) is 2. The molecule has 1 N–H and O–H groups in total. The Bertz CT molecular complexity index is 369. The van der Waals surface area contributed by atoms with E-state index in [0.29, 0.717) is 5.02 Å². The zero-order valence-corrected chi connectivity index (χ0v) is 11.4. The Labute approximate surface area is 111 Å². The normalized spacial score (nSPS) is 18.8. The first kappa shape index (κ1) is 13.2. The summed E-state index contributed by atoms with van der Waals surface area (Å²) in [5, 5.41) is 12.6. The SMILES string of the molecule is CC1CCN(N(O)Sc2cccc(Cl)c2)CC1. The lowest BCUT2D eigenvalue weighted by atomic mass is 10.0. The van der Waals surface area contributed by atoms with Crippen LogP contribution in [0.4, 0.5) is 0 Å². The monoisotopic (exact) mass is 272 g/mol. The molecule has 0 bridgehead atoms. The van der Waals surface area contributed by atoms with Gasteiger partial charge in [0.15, 0.2) is 0 Å². The van der Waals surface area contributed by atoms with E-state index in [1.165, 1.54) is 16.5 Å². The molecule has 0 unspecified atom stereocenters. The van der Waals surface area contributed by atoms with Crippen LogP contribution in [0, 0.1) is 5.92 Å². The molecule has 1 aliphatic heterocycles. The van der Waals surface area contributed by atoms with Crippen LogP contribution in [-0.4, -0.2) is 27.9 Å². The average Bonchev–Trinajstić information content (AvgIpc) is 2.29. The van der Waals surface area contributed by atoms with Crippen molar-refractivity contribution in [3.05, 3.63) is 29.3 Å². The summed E-state index contributed by atoms with van der Waals surface area (Å²) in [4.78, 5) is 0.943. The molecule has 1 aromatic carbocycles. The molecule has 0 aromatic heterocycles. The van der Waals surface area contributed by atoms with Crippen LogP contribution in [0.25, 0.3) is 0 Å². The number of piperidine rings is 1. The van der Waals surface area contributed by atoms with Gasteiger partial charge in [-0.25, -0.2) is 5.01 Å². The van der Waals surface area contributed by atoms with Crippen LogP contribution in [0.2, 0.25) is 5.02 Å². The molecule has 0 spiro atoms. The molecule has 1 aliphatic rings. The zero-order chi connectivity index (χ0) is 12.3. The van der Waals surface area contributed by atoms with E-state index in [-0.39, 0.29) is 0 Å². The fraction of sp³-hybridized carbons (Fsp3) is 0.500. The fourth-order valence-electron chi connectivity index (χ4n) is 1.84. The third-order valence-electron chi connectivity index (χ3n) is 2.99. The highest BCUT2D eigenvalue weighted by molar-refractivity contribution is 7.96. The molecule has 1 aromatic rings. The molecule has 1 saturated heterocycles. The first-order valence-electron chi connectivity index (χ1n) is 5.82. The summed E-state index contributed by atoms with van der Waals surface area (Å²) in [7, 11) is 0. The third kappa shape index (κ3) is 3.86. The quantitative estimate of drug-likeness (QED) is 0.671. The molecular formula is C12H17ClN2OS. The zero-order valence-electron chi connectivity index (χ0n) is 9.84. The molecule has 3 nitrogen and oxygen atoms in total. The Hall–Kier alpha value is -0.260. The molecule has 1 fully saturated rings. The van der Waals surface area contributed by atoms with Gasteiger partial charge >= 0.3 is 0 Å². The maximum absolute atomic E-state index is 9.98. The summed E-state index contributed by atoms with van der Waals surface area (Å²) in [6, 6.07) is 7.50. The van der Waals surface area contributed by atoms with Gasteiger partial charge in [0.2, 0.25) is 0 Å². The lowest BCUT2D eigenvalue weighted by Gasteiger charge is -2.33. The van der Waals surface area contributed by atoms with Crippen molar-refractivity contribution in [2.45, 2.75) is 24.7 Å².